The molecule has 4 aromatic carbocycles. The lowest BCUT2D eigenvalue weighted by Crippen LogP contribution is -2.23. The van der Waals surface area contributed by atoms with Crippen molar-refractivity contribution >= 4 is 20.0 Å². The summed E-state index contributed by atoms with van der Waals surface area (Å²) in [4.78, 5) is 0.275. The molecule has 0 radical (unpaired) electrons. The Hall–Kier alpha value is -4.10. The third-order valence-electron chi connectivity index (χ3n) is 6.70. The molecule has 0 spiro atoms. The average molecular weight is 627 g/mol. The fourth-order valence-electron chi connectivity index (χ4n) is 4.31. The molecule has 0 saturated heterocycles. The van der Waals surface area contributed by atoms with Gasteiger partial charge in [0, 0.05) is 13.1 Å². The van der Waals surface area contributed by atoms with Gasteiger partial charge in [-0.3, -0.25) is 0 Å². The van der Waals surface area contributed by atoms with Crippen LogP contribution >= 0.6 is 0 Å². The summed E-state index contributed by atoms with van der Waals surface area (Å²) in [6, 6.07) is 23.5. The summed E-state index contributed by atoms with van der Waals surface area (Å²) in [6.45, 7) is 0.172. The first-order valence-electron chi connectivity index (χ1n) is 13.2. The van der Waals surface area contributed by atoms with Crippen LogP contribution in [-0.2, 0) is 39.6 Å². The van der Waals surface area contributed by atoms with Crippen LogP contribution in [0, 0.1) is 0 Å². The normalized spacial score (nSPS) is 11.6. The molecule has 4 rings (SSSR count). The molecule has 0 aliphatic carbocycles. The highest BCUT2D eigenvalue weighted by atomic mass is 32.2. The summed E-state index contributed by atoms with van der Waals surface area (Å²) in [5.41, 5.74) is 3.20. The predicted octanol–water partition coefficient (Wildman–Crippen LogP) is 4.27. The molecule has 10 nitrogen and oxygen atoms in total. The van der Waals surface area contributed by atoms with Crippen molar-refractivity contribution in [2.75, 3.05) is 28.4 Å². The minimum absolute atomic E-state index is 0.0862. The van der Waals surface area contributed by atoms with Crippen molar-refractivity contribution in [2.45, 2.75) is 29.3 Å². The van der Waals surface area contributed by atoms with E-state index in [9.17, 15) is 16.8 Å². The van der Waals surface area contributed by atoms with Crippen LogP contribution in [0.15, 0.2) is 94.7 Å². The Morgan fingerprint density at radius 3 is 1.12 bits per heavy atom. The highest BCUT2D eigenvalue weighted by Crippen LogP contribution is 2.29. The number of sulfonamides is 2. The van der Waals surface area contributed by atoms with Crippen LogP contribution in [0.1, 0.15) is 22.3 Å². The van der Waals surface area contributed by atoms with Gasteiger partial charge < -0.3 is 18.9 Å². The quantitative estimate of drug-likeness (QED) is 0.212. The average Bonchev–Trinajstić information content (AvgIpc) is 3.03. The molecule has 12 heteroatoms. The minimum atomic E-state index is -3.75. The molecule has 0 aromatic heterocycles. The van der Waals surface area contributed by atoms with E-state index in [0.29, 0.717) is 29.4 Å². The smallest absolute Gasteiger partial charge is 0.240 e. The van der Waals surface area contributed by atoms with Crippen LogP contribution in [0.3, 0.4) is 0 Å². The second-order valence-electron chi connectivity index (χ2n) is 9.49. The molecule has 2 N–H and O–H groups in total. The van der Waals surface area contributed by atoms with Crippen LogP contribution in [-0.4, -0.2) is 45.3 Å². The molecule has 228 valence electrons. The van der Waals surface area contributed by atoms with Gasteiger partial charge in [0.05, 0.1) is 38.2 Å². The molecule has 43 heavy (non-hydrogen) atoms. The van der Waals surface area contributed by atoms with E-state index in [1.807, 2.05) is 0 Å². The first-order valence-corrected chi connectivity index (χ1v) is 16.1. The van der Waals surface area contributed by atoms with Crippen LogP contribution in [0.25, 0.3) is 0 Å². The molecular weight excluding hydrogens is 592 g/mol. The summed E-state index contributed by atoms with van der Waals surface area (Å²) in [5.74, 6) is 2.15. The molecule has 0 fully saturated rings. The first-order chi connectivity index (χ1) is 20.6. The minimum Gasteiger partial charge on any atom is -0.493 e. The molecule has 0 unspecified atom stereocenters. The van der Waals surface area contributed by atoms with Crippen molar-refractivity contribution in [3.8, 4) is 23.0 Å². The third kappa shape index (κ3) is 8.05. The lowest BCUT2D eigenvalue weighted by molar-refractivity contribution is 0.354. The van der Waals surface area contributed by atoms with E-state index in [1.54, 1.807) is 84.9 Å². The molecule has 0 amide bonds. The fourth-order valence-corrected chi connectivity index (χ4v) is 6.35. The SMILES string of the molecule is COc1ccc(CNS(=O)(=O)c2ccc(Cc3ccc(S(=O)(=O)NCc4ccc(OC)c(OC)c4)cc3)cc2)cc1OC. The summed E-state index contributed by atoms with van der Waals surface area (Å²) in [7, 11) is -1.39. The lowest BCUT2D eigenvalue weighted by Gasteiger charge is -2.11. The van der Waals surface area contributed by atoms with Crippen molar-refractivity contribution in [3.05, 3.63) is 107 Å². The summed E-state index contributed by atoms with van der Waals surface area (Å²) < 4.78 is 77.6. The Balaban J connectivity index is 1.35. The molecule has 0 atom stereocenters. The molecular formula is C31H34N2O8S2. The first kappa shape index (κ1) is 31.8. The molecule has 0 heterocycles. The number of ether oxygens (including phenoxy) is 4. The van der Waals surface area contributed by atoms with E-state index in [2.05, 4.69) is 9.44 Å². The van der Waals surface area contributed by atoms with E-state index in [0.717, 1.165) is 22.3 Å². The Morgan fingerprint density at radius 1 is 0.465 bits per heavy atom. The van der Waals surface area contributed by atoms with Gasteiger partial charge in [-0.25, -0.2) is 26.3 Å². The Kier molecular flexibility index (Phi) is 10.3. The zero-order chi connectivity index (χ0) is 31.0. The number of benzene rings is 4. The fraction of sp³-hybridized carbons (Fsp3) is 0.226. The standard InChI is InChI=1S/C31H34N2O8S2/c1-38-28-15-9-24(18-30(28)40-3)20-32-42(34,35)26-11-5-22(6-12-26)17-23-7-13-27(14-8-23)43(36,37)33-21-25-10-16-29(39-2)31(19-25)41-4/h5-16,18-19,32-33H,17,20-21H2,1-4H3. The maximum atomic E-state index is 12.8. The van der Waals surface area contributed by atoms with Crippen LogP contribution in [0.5, 0.6) is 23.0 Å². The molecule has 0 aliphatic rings. The van der Waals surface area contributed by atoms with Gasteiger partial charge in [0.25, 0.3) is 0 Å². The van der Waals surface area contributed by atoms with Gasteiger partial charge in [0.15, 0.2) is 23.0 Å². The van der Waals surface area contributed by atoms with Crippen LogP contribution < -0.4 is 28.4 Å². The monoisotopic (exact) mass is 626 g/mol. The van der Waals surface area contributed by atoms with Crippen molar-refractivity contribution in [1.29, 1.82) is 0 Å². The Labute approximate surface area is 252 Å². The van der Waals surface area contributed by atoms with E-state index in [-0.39, 0.29) is 22.9 Å². The van der Waals surface area contributed by atoms with Gasteiger partial charge in [-0.15, -0.1) is 0 Å². The largest absolute Gasteiger partial charge is 0.493 e. The topological polar surface area (TPSA) is 129 Å². The highest BCUT2D eigenvalue weighted by Gasteiger charge is 2.16. The second-order valence-corrected chi connectivity index (χ2v) is 13.0. The van der Waals surface area contributed by atoms with Crippen molar-refractivity contribution in [2.24, 2.45) is 0 Å². The van der Waals surface area contributed by atoms with Gasteiger partial charge in [-0.2, -0.15) is 0 Å². The van der Waals surface area contributed by atoms with E-state index in [1.165, 1.54) is 28.4 Å². The van der Waals surface area contributed by atoms with Gasteiger partial charge in [0.2, 0.25) is 20.0 Å². The van der Waals surface area contributed by atoms with Crippen LogP contribution in [0.2, 0.25) is 0 Å². The molecule has 0 bridgehead atoms. The van der Waals surface area contributed by atoms with E-state index in [4.69, 9.17) is 18.9 Å². The maximum Gasteiger partial charge on any atom is 0.240 e. The third-order valence-corrected chi connectivity index (χ3v) is 9.54. The molecule has 4 aromatic rings. The second kappa shape index (κ2) is 13.9. The highest BCUT2D eigenvalue weighted by molar-refractivity contribution is 7.89. The maximum absolute atomic E-state index is 12.8. The van der Waals surface area contributed by atoms with Gasteiger partial charge in [-0.1, -0.05) is 36.4 Å². The van der Waals surface area contributed by atoms with Crippen molar-refractivity contribution < 1.29 is 35.8 Å². The summed E-state index contributed by atoms with van der Waals surface area (Å²) >= 11 is 0. The number of methoxy groups -OCH3 is 4. The number of hydrogen-bond acceptors (Lipinski definition) is 8. The van der Waals surface area contributed by atoms with Crippen molar-refractivity contribution in [1.82, 2.24) is 9.44 Å². The number of rotatable bonds is 14. The Morgan fingerprint density at radius 2 is 0.791 bits per heavy atom. The predicted molar refractivity (Wildman–Crippen MR) is 163 cm³/mol. The van der Waals surface area contributed by atoms with Gasteiger partial charge >= 0.3 is 0 Å². The van der Waals surface area contributed by atoms with E-state index < -0.39 is 20.0 Å². The summed E-state index contributed by atoms with van der Waals surface area (Å²) in [5, 5.41) is 0. The molecule has 0 aliphatic heterocycles. The van der Waals surface area contributed by atoms with Crippen LogP contribution in [0.4, 0.5) is 0 Å². The summed E-state index contributed by atoms with van der Waals surface area (Å²) in [6.07, 6.45) is 0.499. The Bertz CT molecular complexity index is 1630. The zero-order valence-corrected chi connectivity index (χ0v) is 25.9. The van der Waals surface area contributed by atoms with E-state index >= 15 is 0 Å². The zero-order valence-electron chi connectivity index (χ0n) is 24.3. The number of hydrogen-bond donors (Lipinski definition) is 2. The van der Waals surface area contributed by atoms with Crippen molar-refractivity contribution in [3.63, 3.8) is 0 Å². The number of nitrogens with one attached hydrogen (secondary N) is 2. The van der Waals surface area contributed by atoms with Gasteiger partial charge in [0.1, 0.15) is 0 Å². The molecule has 0 saturated carbocycles. The lowest BCUT2D eigenvalue weighted by atomic mass is 10.1. The van der Waals surface area contributed by atoms with Gasteiger partial charge in [-0.05, 0) is 77.2 Å².